The highest BCUT2D eigenvalue weighted by Crippen LogP contribution is 2.33. The van der Waals surface area contributed by atoms with E-state index in [0.29, 0.717) is 5.56 Å². The van der Waals surface area contributed by atoms with E-state index in [4.69, 9.17) is 0 Å². The maximum Gasteiger partial charge on any atom is 0.259 e. The van der Waals surface area contributed by atoms with Gasteiger partial charge in [0, 0.05) is 17.6 Å². The van der Waals surface area contributed by atoms with E-state index in [1.807, 2.05) is 24.3 Å². The van der Waals surface area contributed by atoms with Crippen LogP contribution in [0.5, 0.6) is 0 Å². The van der Waals surface area contributed by atoms with Crippen molar-refractivity contribution >= 4 is 64.6 Å². The summed E-state index contributed by atoms with van der Waals surface area (Å²) in [4.78, 5) is 26.3. The fourth-order valence-electron chi connectivity index (χ4n) is 1.60. The third kappa shape index (κ3) is 3.67. The van der Waals surface area contributed by atoms with Crippen molar-refractivity contribution in [2.24, 2.45) is 0 Å². The highest BCUT2D eigenvalue weighted by Gasteiger charge is 2.28. The molecule has 1 amide bonds. The molecule has 0 spiro atoms. The van der Waals surface area contributed by atoms with Gasteiger partial charge in [-0.1, -0.05) is 18.2 Å². The number of fused-ring (bicyclic) bond motifs is 1. The first kappa shape index (κ1) is 14.7. The Morgan fingerprint density at radius 1 is 1.26 bits per heavy atom. The fourth-order valence-corrected chi connectivity index (χ4v) is 2.02. The smallest absolute Gasteiger partial charge is 0.259 e. The summed E-state index contributed by atoms with van der Waals surface area (Å²) in [5.74, 6) is -0.319. The molecular weight excluding hydrogens is 444 g/mol. The molecule has 19 heavy (non-hydrogen) atoms. The summed E-state index contributed by atoms with van der Waals surface area (Å²) in [6, 6.07) is 9.25. The van der Waals surface area contributed by atoms with E-state index in [1.165, 1.54) is 0 Å². The van der Waals surface area contributed by atoms with Crippen LogP contribution in [0.1, 0.15) is 5.56 Å². The zero-order valence-corrected chi connectivity index (χ0v) is 14.3. The molecule has 0 aliphatic carbocycles. The molecule has 0 bridgehead atoms. The second kappa shape index (κ2) is 5.76. The molecule has 0 atom stereocenters. The monoisotopic (exact) mass is 450 g/mol. The standard InChI is InChI=1S/C12H9Br3N2O2/c13-12(14,15)11(19)16-6-8-5-7-3-1-2-4-9(7)17-10(8)18/h1-5H,6H2,(H,16,19)(H,17,18). The second-order valence-electron chi connectivity index (χ2n) is 3.89. The largest absolute Gasteiger partial charge is 0.349 e. The van der Waals surface area contributed by atoms with Gasteiger partial charge >= 0.3 is 0 Å². The number of aromatic amines is 1. The summed E-state index contributed by atoms with van der Waals surface area (Å²) < 4.78 is -1.02. The van der Waals surface area contributed by atoms with Gasteiger partial charge in [0.2, 0.25) is 2.14 Å². The number of nitrogens with one attached hydrogen (secondary N) is 2. The van der Waals surface area contributed by atoms with Crippen LogP contribution in [0.15, 0.2) is 35.1 Å². The number of carbonyl (C=O) groups is 1. The molecule has 2 rings (SSSR count). The highest BCUT2D eigenvalue weighted by molar-refractivity contribution is 9.40. The van der Waals surface area contributed by atoms with Gasteiger partial charge in [0.15, 0.2) is 0 Å². The number of hydrogen-bond donors (Lipinski definition) is 2. The van der Waals surface area contributed by atoms with Crippen LogP contribution < -0.4 is 10.9 Å². The average molecular weight is 453 g/mol. The molecule has 1 heterocycles. The molecule has 0 fully saturated rings. The molecule has 0 unspecified atom stereocenters. The number of H-pyrrole nitrogens is 1. The van der Waals surface area contributed by atoms with Crippen molar-refractivity contribution in [3.05, 3.63) is 46.2 Å². The minimum atomic E-state index is -1.02. The molecule has 2 aromatic rings. The van der Waals surface area contributed by atoms with Gasteiger partial charge in [-0.2, -0.15) is 0 Å². The fraction of sp³-hybridized carbons (Fsp3) is 0.167. The van der Waals surface area contributed by atoms with Crippen LogP contribution in [-0.2, 0) is 11.3 Å². The molecule has 1 aromatic heterocycles. The Bertz CT molecular complexity index is 676. The number of halogens is 3. The normalized spacial score (nSPS) is 11.5. The van der Waals surface area contributed by atoms with Crippen molar-refractivity contribution in [3.8, 4) is 0 Å². The first-order valence-electron chi connectivity index (χ1n) is 5.34. The maximum atomic E-state index is 11.9. The number of rotatable bonds is 2. The molecule has 7 heteroatoms. The minimum absolute atomic E-state index is 0.156. The van der Waals surface area contributed by atoms with E-state index in [2.05, 4.69) is 58.1 Å². The summed E-state index contributed by atoms with van der Waals surface area (Å²) in [6.07, 6.45) is 0. The number of para-hydroxylation sites is 1. The van der Waals surface area contributed by atoms with Gasteiger partial charge in [0.1, 0.15) is 0 Å². The Balaban J connectivity index is 2.24. The lowest BCUT2D eigenvalue weighted by atomic mass is 10.1. The predicted molar refractivity (Wildman–Crippen MR) is 85.9 cm³/mol. The Morgan fingerprint density at radius 3 is 2.63 bits per heavy atom. The van der Waals surface area contributed by atoms with Crippen molar-refractivity contribution in [1.82, 2.24) is 10.3 Å². The summed E-state index contributed by atoms with van der Waals surface area (Å²) in [6.45, 7) is 0.156. The van der Waals surface area contributed by atoms with Crippen LogP contribution in [0.25, 0.3) is 10.9 Å². The number of amides is 1. The van der Waals surface area contributed by atoms with E-state index in [0.717, 1.165) is 10.9 Å². The molecule has 0 saturated carbocycles. The average Bonchev–Trinajstić information content (AvgIpc) is 2.34. The van der Waals surface area contributed by atoms with Crippen LogP contribution in [0.2, 0.25) is 0 Å². The summed E-state index contributed by atoms with van der Waals surface area (Å²) in [5.41, 5.74) is 1.07. The van der Waals surface area contributed by atoms with Crippen LogP contribution in [0.3, 0.4) is 0 Å². The number of carbonyl (C=O) groups excluding carboxylic acids is 1. The maximum absolute atomic E-state index is 11.9. The molecule has 4 nitrogen and oxygen atoms in total. The Kier molecular flexibility index (Phi) is 4.47. The van der Waals surface area contributed by atoms with Crippen molar-refractivity contribution in [2.75, 3.05) is 0 Å². The number of pyridine rings is 1. The van der Waals surface area contributed by atoms with Crippen LogP contribution in [0.4, 0.5) is 0 Å². The third-order valence-electron chi connectivity index (χ3n) is 2.53. The first-order valence-corrected chi connectivity index (χ1v) is 7.72. The van der Waals surface area contributed by atoms with Gasteiger partial charge in [-0.3, -0.25) is 9.59 Å². The second-order valence-corrected chi connectivity index (χ2v) is 10.7. The zero-order valence-electron chi connectivity index (χ0n) is 9.54. The van der Waals surface area contributed by atoms with Gasteiger partial charge in [0.05, 0.1) is 0 Å². The predicted octanol–water partition coefficient (Wildman–Crippen LogP) is 2.98. The Labute approximate surface area is 134 Å². The van der Waals surface area contributed by atoms with Gasteiger partial charge < -0.3 is 10.3 Å². The topological polar surface area (TPSA) is 62.0 Å². The van der Waals surface area contributed by atoms with Crippen molar-refractivity contribution < 1.29 is 4.79 Å². The highest BCUT2D eigenvalue weighted by atomic mass is 80.0. The lowest BCUT2D eigenvalue weighted by Gasteiger charge is -2.12. The van der Waals surface area contributed by atoms with E-state index >= 15 is 0 Å². The molecule has 0 saturated heterocycles. The van der Waals surface area contributed by atoms with Gasteiger partial charge in [-0.25, -0.2) is 0 Å². The third-order valence-corrected chi connectivity index (χ3v) is 3.61. The Morgan fingerprint density at radius 2 is 1.95 bits per heavy atom. The number of aromatic nitrogens is 1. The summed E-state index contributed by atoms with van der Waals surface area (Å²) in [7, 11) is 0. The van der Waals surface area contributed by atoms with E-state index < -0.39 is 2.14 Å². The zero-order chi connectivity index (χ0) is 14.0. The van der Waals surface area contributed by atoms with Gasteiger partial charge in [-0.15, -0.1) is 0 Å². The van der Waals surface area contributed by atoms with E-state index in [9.17, 15) is 9.59 Å². The first-order chi connectivity index (χ1) is 8.88. The number of benzene rings is 1. The molecule has 0 aliphatic rings. The molecule has 2 N–H and O–H groups in total. The van der Waals surface area contributed by atoms with Gasteiger partial charge in [-0.05, 0) is 65.3 Å². The van der Waals surface area contributed by atoms with Crippen LogP contribution in [-0.4, -0.2) is 13.0 Å². The quantitative estimate of drug-likeness (QED) is 0.688. The van der Waals surface area contributed by atoms with E-state index in [1.54, 1.807) is 6.07 Å². The molecule has 0 radical (unpaired) electrons. The van der Waals surface area contributed by atoms with Crippen LogP contribution >= 0.6 is 47.8 Å². The van der Waals surface area contributed by atoms with Gasteiger partial charge in [0.25, 0.3) is 11.5 Å². The summed E-state index contributed by atoms with van der Waals surface area (Å²) >= 11 is 9.33. The molecular formula is C12H9Br3N2O2. The van der Waals surface area contributed by atoms with E-state index in [-0.39, 0.29) is 18.0 Å². The lowest BCUT2D eigenvalue weighted by molar-refractivity contribution is -0.119. The van der Waals surface area contributed by atoms with Crippen LogP contribution in [0, 0.1) is 0 Å². The lowest BCUT2D eigenvalue weighted by Crippen LogP contribution is -2.34. The summed E-state index contributed by atoms with van der Waals surface area (Å²) in [5, 5.41) is 3.57. The minimum Gasteiger partial charge on any atom is -0.349 e. The number of hydrogen-bond acceptors (Lipinski definition) is 2. The van der Waals surface area contributed by atoms with Crippen molar-refractivity contribution in [1.29, 1.82) is 0 Å². The molecule has 0 aliphatic heterocycles. The van der Waals surface area contributed by atoms with Crippen molar-refractivity contribution in [3.63, 3.8) is 0 Å². The molecule has 100 valence electrons. The number of alkyl halides is 3. The van der Waals surface area contributed by atoms with Crippen molar-refractivity contribution in [2.45, 2.75) is 8.69 Å². The molecule has 1 aromatic carbocycles. The SMILES string of the molecule is O=C(NCc1cc2ccccc2[nH]c1=O)C(Br)(Br)Br. The Hall–Kier alpha value is -0.660.